The molecule has 0 saturated carbocycles. The molecule has 6 nitrogen and oxygen atoms in total. The zero-order valence-electron chi connectivity index (χ0n) is 14.5. The minimum absolute atomic E-state index is 0.0462. The third kappa shape index (κ3) is 4.73. The predicted molar refractivity (Wildman–Crippen MR) is 102 cm³/mol. The van der Waals surface area contributed by atoms with Crippen molar-refractivity contribution in [1.82, 2.24) is 9.80 Å². The molecule has 1 saturated heterocycles. The van der Waals surface area contributed by atoms with Gasteiger partial charge in [-0.3, -0.25) is 14.5 Å². The molecule has 1 N–H and O–H groups in total. The molecule has 0 aliphatic carbocycles. The van der Waals surface area contributed by atoms with Crippen LogP contribution in [0.1, 0.15) is 5.56 Å². The summed E-state index contributed by atoms with van der Waals surface area (Å²) in [5.74, 6) is -0.821. The number of aliphatic carboxylic acids is 1. The van der Waals surface area contributed by atoms with Gasteiger partial charge in [0.1, 0.15) is 0 Å². The molecular formula is C18H21ClN2O4S. The van der Waals surface area contributed by atoms with Gasteiger partial charge in [-0.1, -0.05) is 11.6 Å². The van der Waals surface area contributed by atoms with Gasteiger partial charge in [-0.2, -0.15) is 0 Å². The van der Waals surface area contributed by atoms with Gasteiger partial charge >= 0.3 is 5.97 Å². The van der Waals surface area contributed by atoms with Crippen LogP contribution >= 0.6 is 22.9 Å². The Hall–Kier alpha value is -1.67. The van der Waals surface area contributed by atoms with Crippen molar-refractivity contribution in [3.8, 4) is 0 Å². The van der Waals surface area contributed by atoms with Crippen LogP contribution in [0.15, 0.2) is 23.6 Å². The van der Waals surface area contributed by atoms with E-state index in [1.165, 1.54) is 0 Å². The number of morpholine rings is 1. The van der Waals surface area contributed by atoms with Crippen LogP contribution in [-0.2, 0) is 20.7 Å². The third-order valence-electron chi connectivity index (χ3n) is 4.37. The standard InChI is InChI=1S/C18H21ClN2O4S/c1-20(10-18(23)24)8-14-9-21(4-5-25-14)17(22)6-12-11-26-16-3-2-13(19)7-15(12)16/h2-3,7,11,14H,4-6,8-10H2,1H3,(H,23,24). The van der Waals surface area contributed by atoms with Gasteiger partial charge in [0.15, 0.2) is 0 Å². The number of ether oxygens (including phenoxy) is 1. The summed E-state index contributed by atoms with van der Waals surface area (Å²) in [7, 11) is 1.74. The Bertz CT molecular complexity index is 810. The number of carbonyl (C=O) groups is 2. The van der Waals surface area contributed by atoms with E-state index in [0.717, 1.165) is 15.6 Å². The zero-order valence-corrected chi connectivity index (χ0v) is 16.1. The van der Waals surface area contributed by atoms with E-state index in [0.29, 0.717) is 37.7 Å². The van der Waals surface area contributed by atoms with Crippen molar-refractivity contribution < 1.29 is 19.4 Å². The monoisotopic (exact) mass is 396 g/mol. The normalized spacial score (nSPS) is 17.8. The minimum Gasteiger partial charge on any atom is -0.480 e. The minimum atomic E-state index is -0.876. The van der Waals surface area contributed by atoms with Crippen LogP contribution < -0.4 is 0 Å². The molecular weight excluding hydrogens is 376 g/mol. The molecule has 26 heavy (non-hydrogen) atoms. The van der Waals surface area contributed by atoms with Gasteiger partial charge in [0.05, 0.1) is 25.7 Å². The molecule has 2 heterocycles. The van der Waals surface area contributed by atoms with Crippen LogP contribution in [0.4, 0.5) is 0 Å². The fourth-order valence-electron chi connectivity index (χ4n) is 3.17. The second-order valence-corrected chi connectivity index (χ2v) is 7.85. The van der Waals surface area contributed by atoms with Crippen LogP contribution in [0.3, 0.4) is 0 Å². The van der Waals surface area contributed by atoms with Crippen LogP contribution in [0, 0.1) is 0 Å². The fourth-order valence-corrected chi connectivity index (χ4v) is 4.28. The maximum Gasteiger partial charge on any atom is 0.317 e. The first-order chi connectivity index (χ1) is 12.4. The molecule has 8 heteroatoms. The summed E-state index contributed by atoms with van der Waals surface area (Å²) in [5, 5.41) is 12.6. The molecule has 0 radical (unpaired) electrons. The summed E-state index contributed by atoms with van der Waals surface area (Å²) in [6.07, 6.45) is 0.156. The molecule has 140 valence electrons. The molecule has 1 fully saturated rings. The number of rotatable bonds is 6. The highest BCUT2D eigenvalue weighted by molar-refractivity contribution is 7.17. The number of fused-ring (bicyclic) bond motifs is 1. The lowest BCUT2D eigenvalue weighted by Gasteiger charge is -2.34. The van der Waals surface area contributed by atoms with Gasteiger partial charge in [0, 0.05) is 29.4 Å². The first kappa shape index (κ1) is 19.1. The lowest BCUT2D eigenvalue weighted by Crippen LogP contribution is -2.50. The van der Waals surface area contributed by atoms with Crippen LogP contribution in [0.2, 0.25) is 5.02 Å². The van der Waals surface area contributed by atoms with Crippen molar-refractivity contribution in [2.75, 3.05) is 39.8 Å². The van der Waals surface area contributed by atoms with Crippen LogP contribution in [0.5, 0.6) is 0 Å². The first-order valence-electron chi connectivity index (χ1n) is 8.37. The lowest BCUT2D eigenvalue weighted by molar-refractivity contribution is -0.142. The van der Waals surface area contributed by atoms with Gasteiger partial charge in [0.25, 0.3) is 0 Å². The Morgan fingerprint density at radius 1 is 1.46 bits per heavy atom. The van der Waals surface area contributed by atoms with Crippen molar-refractivity contribution >= 4 is 44.9 Å². The Kier molecular flexibility index (Phi) is 6.13. The van der Waals surface area contributed by atoms with E-state index in [9.17, 15) is 9.59 Å². The number of carbonyl (C=O) groups excluding carboxylic acids is 1. The Balaban J connectivity index is 1.62. The molecule has 3 rings (SSSR count). The highest BCUT2D eigenvalue weighted by atomic mass is 35.5. The van der Waals surface area contributed by atoms with Gasteiger partial charge in [-0.05, 0) is 41.6 Å². The van der Waals surface area contributed by atoms with E-state index < -0.39 is 5.97 Å². The predicted octanol–water partition coefficient (Wildman–Crippen LogP) is 2.34. The van der Waals surface area contributed by atoms with Gasteiger partial charge in [-0.15, -0.1) is 11.3 Å². The summed E-state index contributed by atoms with van der Waals surface area (Å²) >= 11 is 7.69. The number of carboxylic acid groups (broad SMARTS) is 1. The molecule has 1 aromatic carbocycles. The number of hydrogen-bond donors (Lipinski definition) is 1. The fraction of sp³-hybridized carbons (Fsp3) is 0.444. The van der Waals surface area contributed by atoms with E-state index in [4.69, 9.17) is 21.4 Å². The third-order valence-corrected chi connectivity index (χ3v) is 5.62. The average molecular weight is 397 g/mol. The lowest BCUT2D eigenvalue weighted by atomic mass is 10.1. The number of amides is 1. The second-order valence-electron chi connectivity index (χ2n) is 6.50. The summed E-state index contributed by atoms with van der Waals surface area (Å²) in [6, 6.07) is 5.73. The largest absolute Gasteiger partial charge is 0.480 e. The number of halogens is 1. The topological polar surface area (TPSA) is 70.1 Å². The highest BCUT2D eigenvalue weighted by Crippen LogP contribution is 2.29. The first-order valence-corrected chi connectivity index (χ1v) is 9.63. The Labute approximate surface area is 160 Å². The van der Waals surface area contributed by atoms with Crippen molar-refractivity contribution in [3.63, 3.8) is 0 Å². The smallest absolute Gasteiger partial charge is 0.317 e. The number of benzene rings is 1. The summed E-state index contributed by atoms with van der Waals surface area (Å²) in [6.45, 7) is 1.93. The molecule has 2 aromatic rings. The summed E-state index contributed by atoms with van der Waals surface area (Å²) in [5.41, 5.74) is 0.989. The molecule has 1 aliphatic heterocycles. The summed E-state index contributed by atoms with van der Waals surface area (Å²) in [4.78, 5) is 27.0. The number of likely N-dealkylation sites (N-methyl/N-ethyl adjacent to an activating group) is 1. The van der Waals surface area contributed by atoms with Crippen LogP contribution in [0.25, 0.3) is 10.1 Å². The highest BCUT2D eigenvalue weighted by Gasteiger charge is 2.26. The van der Waals surface area contributed by atoms with E-state index in [1.807, 2.05) is 23.6 Å². The number of nitrogens with zero attached hydrogens (tertiary/aromatic N) is 2. The van der Waals surface area contributed by atoms with Crippen molar-refractivity contribution in [3.05, 3.63) is 34.2 Å². The number of carboxylic acids is 1. The van der Waals surface area contributed by atoms with Crippen LogP contribution in [-0.4, -0.2) is 72.7 Å². The second kappa shape index (κ2) is 8.35. The Morgan fingerprint density at radius 3 is 3.04 bits per heavy atom. The molecule has 0 bridgehead atoms. The average Bonchev–Trinajstić information content (AvgIpc) is 2.96. The molecule has 1 aromatic heterocycles. The molecule has 1 unspecified atom stereocenters. The summed E-state index contributed by atoms with van der Waals surface area (Å²) < 4.78 is 6.81. The van der Waals surface area contributed by atoms with Gasteiger partial charge in [-0.25, -0.2) is 0 Å². The van der Waals surface area contributed by atoms with Gasteiger partial charge in [0.2, 0.25) is 5.91 Å². The van der Waals surface area contributed by atoms with Crippen molar-refractivity contribution in [2.24, 2.45) is 0 Å². The SMILES string of the molecule is CN(CC(=O)O)CC1CN(C(=O)Cc2csc3ccc(Cl)cc23)CCO1. The van der Waals surface area contributed by atoms with E-state index >= 15 is 0 Å². The Morgan fingerprint density at radius 2 is 2.27 bits per heavy atom. The maximum atomic E-state index is 12.7. The van der Waals surface area contributed by atoms with E-state index in [-0.39, 0.29) is 18.6 Å². The number of thiophene rings is 1. The number of hydrogen-bond acceptors (Lipinski definition) is 5. The van der Waals surface area contributed by atoms with Crippen molar-refractivity contribution in [2.45, 2.75) is 12.5 Å². The zero-order chi connectivity index (χ0) is 18.7. The van der Waals surface area contributed by atoms with Gasteiger partial charge < -0.3 is 14.7 Å². The maximum absolute atomic E-state index is 12.7. The quantitative estimate of drug-likeness (QED) is 0.811. The molecule has 1 aliphatic rings. The van der Waals surface area contributed by atoms with Crippen molar-refractivity contribution in [1.29, 1.82) is 0 Å². The van der Waals surface area contributed by atoms with E-state index in [2.05, 4.69) is 0 Å². The molecule has 1 amide bonds. The molecule has 1 atom stereocenters. The molecule has 0 spiro atoms. The van der Waals surface area contributed by atoms with E-state index in [1.54, 1.807) is 28.2 Å².